The Hall–Kier alpha value is -1.26. The fraction of sp³-hybridized carbons (Fsp3) is 0.300. The summed E-state index contributed by atoms with van der Waals surface area (Å²) in [5.74, 6) is -0.928. The van der Waals surface area contributed by atoms with Gasteiger partial charge in [0, 0.05) is 5.02 Å². The Balaban J connectivity index is 2.92. The molecular weight excluding hydrogens is 220 g/mol. The zero-order chi connectivity index (χ0) is 11.4. The molecule has 1 aromatic rings. The van der Waals surface area contributed by atoms with Crippen molar-refractivity contribution in [2.45, 2.75) is 13.0 Å². The van der Waals surface area contributed by atoms with Gasteiger partial charge in [0.1, 0.15) is 17.9 Å². The van der Waals surface area contributed by atoms with E-state index in [0.717, 1.165) is 0 Å². The summed E-state index contributed by atoms with van der Waals surface area (Å²) >= 11 is 5.70. The van der Waals surface area contributed by atoms with Crippen molar-refractivity contribution in [1.82, 2.24) is 0 Å². The summed E-state index contributed by atoms with van der Waals surface area (Å²) in [5, 5.41) is 18.2. The van der Waals surface area contributed by atoms with E-state index in [4.69, 9.17) is 26.6 Å². The van der Waals surface area contributed by atoms with Crippen molar-refractivity contribution < 1.29 is 19.7 Å². The lowest BCUT2D eigenvalue weighted by Gasteiger charge is -2.10. The first-order valence-corrected chi connectivity index (χ1v) is 4.72. The summed E-state index contributed by atoms with van der Waals surface area (Å²) in [5.41, 5.74) is 0.0278. The van der Waals surface area contributed by atoms with Gasteiger partial charge in [-0.25, -0.2) is 4.79 Å². The van der Waals surface area contributed by atoms with Crippen molar-refractivity contribution in [1.29, 1.82) is 0 Å². The molecule has 0 aliphatic rings. The highest BCUT2D eigenvalue weighted by molar-refractivity contribution is 6.30. The molecule has 1 atom stereocenters. The van der Waals surface area contributed by atoms with Gasteiger partial charge in [-0.05, 0) is 25.1 Å². The average molecular weight is 231 g/mol. The van der Waals surface area contributed by atoms with Gasteiger partial charge in [-0.2, -0.15) is 0 Å². The molecule has 5 heteroatoms. The molecule has 0 saturated carbocycles. The minimum absolute atomic E-state index is 0.0278. The molecule has 0 heterocycles. The van der Waals surface area contributed by atoms with E-state index in [1.165, 1.54) is 18.2 Å². The van der Waals surface area contributed by atoms with E-state index in [9.17, 15) is 4.79 Å². The minimum atomic E-state index is -1.09. The molecule has 0 aliphatic heterocycles. The number of hydrogen-bond donors (Lipinski definition) is 2. The number of benzene rings is 1. The fourth-order valence-corrected chi connectivity index (χ4v) is 1.16. The minimum Gasteiger partial charge on any atom is -0.490 e. The van der Waals surface area contributed by atoms with Crippen LogP contribution in [0.5, 0.6) is 5.75 Å². The molecule has 4 nitrogen and oxygen atoms in total. The van der Waals surface area contributed by atoms with E-state index in [0.29, 0.717) is 5.02 Å². The summed E-state index contributed by atoms with van der Waals surface area (Å²) < 4.78 is 5.13. The van der Waals surface area contributed by atoms with Crippen LogP contribution in [0.2, 0.25) is 5.02 Å². The van der Waals surface area contributed by atoms with Crippen LogP contribution in [0.4, 0.5) is 0 Å². The predicted octanol–water partition coefficient (Wildman–Crippen LogP) is 1.80. The first kappa shape index (κ1) is 11.8. The normalized spacial score (nSPS) is 12.2. The number of halogens is 1. The Morgan fingerprint density at radius 3 is 2.80 bits per heavy atom. The maximum atomic E-state index is 10.8. The molecule has 0 aliphatic carbocycles. The summed E-state index contributed by atoms with van der Waals surface area (Å²) in [6.45, 7) is 1.58. The quantitative estimate of drug-likeness (QED) is 0.828. The molecule has 1 aromatic carbocycles. The zero-order valence-corrected chi connectivity index (χ0v) is 8.86. The van der Waals surface area contributed by atoms with Crippen molar-refractivity contribution in [3.05, 3.63) is 28.8 Å². The second-order valence-corrected chi connectivity index (χ2v) is 3.54. The molecule has 0 saturated heterocycles. The smallest absolute Gasteiger partial charge is 0.339 e. The summed E-state index contributed by atoms with van der Waals surface area (Å²) in [7, 11) is 0. The van der Waals surface area contributed by atoms with E-state index >= 15 is 0 Å². The Morgan fingerprint density at radius 1 is 1.60 bits per heavy atom. The molecule has 82 valence electrons. The highest BCUT2D eigenvalue weighted by Gasteiger charge is 2.12. The lowest BCUT2D eigenvalue weighted by atomic mass is 10.2. The molecule has 0 aromatic heterocycles. The third-order valence-electron chi connectivity index (χ3n) is 1.65. The van der Waals surface area contributed by atoms with Gasteiger partial charge in [0.25, 0.3) is 0 Å². The molecule has 0 bridgehead atoms. The molecular formula is C10H11ClO4. The predicted molar refractivity (Wildman–Crippen MR) is 55.6 cm³/mol. The number of rotatable bonds is 4. The second-order valence-electron chi connectivity index (χ2n) is 3.11. The van der Waals surface area contributed by atoms with Crippen LogP contribution in [0.1, 0.15) is 17.3 Å². The first-order valence-electron chi connectivity index (χ1n) is 4.34. The topological polar surface area (TPSA) is 66.8 Å². The van der Waals surface area contributed by atoms with Gasteiger partial charge in [0.2, 0.25) is 0 Å². The maximum absolute atomic E-state index is 10.8. The van der Waals surface area contributed by atoms with E-state index in [2.05, 4.69) is 0 Å². The Morgan fingerprint density at radius 2 is 2.27 bits per heavy atom. The Kier molecular flexibility index (Phi) is 3.94. The van der Waals surface area contributed by atoms with Crippen LogP contribution in [0.15, 0.2) is 18.2 Å². The van der Waals surface area contributed by atoms with Crippen LogP contribution in [0.3, 0.4) is 0 Å². The monoisotopic (exact) mass is 230 g/mol. The largest absolute Gasteiger partial charge is 0.490 e. The Labute approximate surface area is 92.1 Å². The first-order chi connectivity index (χ1) is 7.00. The SMILES string of the molecule is CC(O)COc1cc(Cl)ccc1C(=O)O. The number of aromatic carboxylic acids is 1. The number of aliphatic hydroxyl groups excluding tert-OH is 1. The van der Waals surface area contributed by atoms with Crippen LogP contribution < -0.4 is 4.74 Å². The van der Waals surface area contributed by atoms with Gasteiger partial charge >= 0.3 is 5.97 Å². The number of hydrogen-bond acceptors (Lipinski definition) is 3. The molecule has 1 rings (SSSR count). The van der Waals surface area contributed by atoms with Crippen molar-refractivity contribution in [2.24, 2.45) is 0 Å². The van der Waals surface area contributed by atoms with E-state index in [1.807, 2.05) is 0 Å². The molecule has 0 fully saturated rings. The van der Waals surface area contributed by atoms with E-state index in [-0.39, 0.29) is 17.9 Å². The van der Waals surface area contributed by atoms with E-state index in [1.54, 1.807) is 6.92 Å². The van der Waals surface area contributed by atoms with E-state index < -0.39 is 12.1 Å². The third kappa shape index (κ3) is 3.42. The lowest BCUT2D eigenvalue weighted by Crippen LogP contribution is -2.14. The van der Waals surface area contributed by atoms with Gasteiger partial charge in [-0.1, -0.05) is 11.6 Å². The molecule has 15 heavy (non-hydrogen) atoms. The highest BCUT2D eigenvalue weighted by Crippen LogP contribution is 2.23. The summed E-state index contributed by atoms with van der Waals surface area (Å²) in [4.78, 5) is 10.8. The molecule has 0 spiro atoms. The highest BCUT2D eigenvalue weighted by atomic mass is 35.5. The fourth-order valence-electron chi connectivity index (χ4n) is 1.00. The maximum Gasteiger partial charge on any atom is 0.339 e. The zero-order valence-electron chi connectivity index (χ0n) is 8.11. The van der Waals surface area contributed by atoms with Crippen LogP contribution in [-0.2, 0) is 0 Å². The molecule has 0 radical (unpaired) electrons. The molecule has 0 amide bonds. The molecule has 2 N–H and O–H groups in total. The standard InChI is InChI=1S/C10H11ClO4/c1-6(12)5-15-9-4-7(11)2-3-8(9)10(13)14/h2-4,6,12H,5H2,1H3,(H,13,14). The van der Waals surface area contributed by atoms with Crippen LogP contribution in [0.25, 0.3) is 0 Å². The van der Waals surface area contributed by atoms with Gasteiger partial charge in [0.15, 0.2) is 0 Å². The van der Waals surface area contributed by atoms with Crippen molar-refractivity contribution in [3.63, 3.8) is 0 Å². The van der Waals surface area contributed by atoms with Crippen molar-refractivity contribution in [3.8, 4) is 5.75 Å². The lowest BCUT2D eigenvalue weighted by molar-refractivity contribution is 0.0686. The number of carbonyl (C=O) groups is 1. The van der Waals surface area contributed by atoms with Crippen molar-refractivity contribution in [2.75, 3.05) is 6.61 Å². The molecule has 1 unspecified atom stereocenters. The van der Waals surface area contributed by atoms with Gasteiger partial charge in [-0.15, -0.1) is 0 Å². The second kappa shape index (κ2) is 5.00. The van der Waals surface area contributed by atoms with Crippen LogP contribution in [0, 0.1) is 0 Å². The summed E-state index contributed by atoms with van der Waals surface area (Å²) in [6.07, 6.45) is -0.661. The average Bonchev–Trinajstić information content (AvgIpc) is 2.14. The van der Waals surface area contributed by atoms with Crippen LogP contribution in [-0.4, -0.2) is 28.9 Å². The van der Waals surface area contributed by atoms with Gasteiger partial charge in [-0.3, -0.25) is 0 Å². The third-order valence-corrected chi connectivity index (χ3v) is 1.89. The van der Waals surface area contributed by atoms with Crippen LogP contribution >= 0.6 is 11.6 Å². The number of aliphatic hydroxyl groups is 1. The van der Waals surface area contributed by atoms with Gasteiger partial charge < -0.3 is 14.9 Å². The number of carboxylic acid groups (broad SMARTS) is 1. The Bertz CT molecular complexity index is 362. The number of ether oxygens (including phenoxy) is 1. The summed E-state index contributed by atoms with van der Waals surface area (Å²) in [6, 6.07) is 4.25. The number of carboxylic acids is 1. The van der Waals surface area contributed by atoms with Gasteiger partial charge in [0.05, 0.1) is 6.10 Å². The van der Waals surface area contributed by atoms with Crippen molar-refractivity contribution >= 4 is 17.6 Å².